The first-order chi connectivity index (χ1) is 10.6. The minimum Gasteiger partial charge on any atom is -0.494 e. The van der Waals surface area contributed by atoms with E-state index in [-0.39, 0.29) is 5.78 Å². The average Bonchev–Trinajstić information content (AvgIpc) is 2.54. The van der Waals surface area contributed by atoms with Gasteiger partial charge in [-0.3, -0.25) is 4.79 Å². The van der Waals surface area contributed by atoms with E-state index in [0.29, 0.717) is 6.42 Å². The molecule has 0 saturated carbocycles. The highest BCUT2D eigenvalue weighted by Crippen LogP contribution is 2.18. The van der Waals surface area contributed by atoms with Crippen molar-refractivity contribution in [3.63, 3.8) is 0 Å². The molecule has 1 aliphatic rings. The second-order valence-electron chi connectivity index (χ2n) is 6.75. The van der Waals surface area contributed by atoms with E-state index in [4.69, 9.17) is 4.74 Å². The van der Waals surface area contributed by atoms with Crippen LogP contribution in [0.25, 0.3) is 0 Å². The molecular weight excluding hydrogens is 274 g/mol. The summed E-state index contributed by atoms with van der Waals surface area (Å²) in [6.45, 7) is 6.30. The van der Waals surface area contributed by atoms with Gasteiger partial charge in [-0.1, -0.05) is 13.3 Å². The lowest BCUT2D eigenvalue weighted by atomic mass is 10.0. The first-order valence-corrected chi connectivity index (χ1v) is 8.72. The maximum absolute atomic E-state index is 12.4. The first-order valence-electron chi connectivity index (χ1n) is 8.72. The second-order valence-corrected chi connectivity index (χ2v) is 6.75. The number of nitrogens with zero attached hydrogens (tertiary/aromatic N) is 1. The van der Waals surface area contributed by atoms with E-state index in [1.807, 2.05) is 24.3 Å². The molecule has 0 unspecified atom stereocenters. The summed E-state index contributed by atoms with van der Waals surface area (Å²) in [5.74, 6) is 1.12. The van der Waals surface area contributed by atoms with E-state index in [1.165, 1.54) is 32.4 Å². The van der Waals surface area contributed by atoms with E-state index in [2.05, 4.69) is 14.0 Å². The number of hydrogen-bond acceptors (Lipinski definition) is 2. The van der Waals surface area contributed by atoms with E-state index >= 15 is 0 Å². The van der Waals surface area contributed by atoms with Crippen molar-refractivity contribution in [1.82, 2.24) is 0 Å². The van der Waals surface area contributed by atoms with Crippen molar-refractivity contribution >= 4 is 5.78 Å². The van der Waals surface area contributed by atoms with Crippen molar-refractivity contribution in [3.8, 4) is 5.75 Å². The van der Waals surface area contributed by atoms with Crippen molar-refractivity contribution in [2.24, 2.45) is 0 Å². The van der Waals surface area contributed by atoms with Gasteiger partial charge in [-0.15, -0.1) is 0 Å². The highest BCUT2D eigenvalue weighted by molar-refractivity contribution is 5.96. The van der Waals surface area contributed by atoms with Crippen molar-refractivity contribution < 1.29 is 14.0 Å². The van der Waals surface area contributed by atoms with Crippen LogP contribution in [0.5, 0.6) is 5.75 Å². The lowest BCUT2D eigenvalue weighted by Crippen LogP contribution is -2.48. The molecule has 122 valence electrons. The summed E-state index contributed by atoms with van der Waals surface area (Å²) in [5.41, 5.74) is 0.812. The Morgan fingerprint density at radius 1 is 1.14 bits per heavy atom. The average molecular weight is 304 g/mol. The molecule has 0 radical (unpaired) electrons. The zero-order chi connectivity index (χ0) is 15.8. The molecule has 0 aromatic heterocycles. The minimum absolute atomic E-state index is 0.255. The molecule has 1 aromatic rings. The number of hydrogen-bond donors (Lipinski definition) is 0. The predicted octanol–water partition coefficient (Wildman–Crippen LogP) is 4.07. The minimum atomic E-state index is 0.255. The van der Waals surface area contributed by atoms with Crippen LogP contribution in [-0.2, 0) is 0 Å². The lowest BCUT2D eigenvalue weighted by molar-refractivity contribution is -0.913. The number of rotatable bonds is 8. The number of piperidine rings is 1. The fourth-order valence-electron chi connectivity index (χ4n) is 3.09. The number of carbonyl (C=O) groups excluding carboxylic acids is 1. The van der Waals surface area contributed by atoms with Crippen molar-refractivity contribution in [2.45, 2.75) is 45.4 Å². The van der Waals surface area contributed by atoms with Crippen LogP contribution in [-0.4, -0.2) is 43.6 Å². The lowest BCUT2D eigenvalue weighted by Gasteiger charge is -2.37. The molecule has 0 N–H and O–H groups in total. The van der Waals surface area contributed by atoms with Gasteiger partial charge in [0.05, 0.1) is 39.7 Å². The Balaban J connectivity index is 1.81. The van der Waals surface area contributed by atoms with Gasteiger partial charge in [0.2, 0.25) is 0 Å². The van der Waals surface area contributed by atoms with Gasteiger partial charge in [-0.05, 0) is 49.9 Å². The fraction of sp³-hybridized carbons (Fsp3) is 0.632. The molecule has 0 atom stereocenters. The molecular formula is C19H30NO2+. The summed E-state index contributed by atoms with van der Waals surface area (Å²) in [4.78, 5) is 12.4. The Hall–Kier alpha value is -1.35. The number of Topliss-reactive ketones (excluding diaryl/α,β-unsaturated/α-hetero) is 1. The molecule has 1 fully saturated rings. The molecule has 2 rings (SSSR count). The fourth-order valence-corrected chi connectivity index (χ4v) is 3.09. The quantitative estimate of drug-likeness (QED) is 0.411. The zero-order valence-electron chi connectivity index (χ0n) is 14.1. The normalized spacial score (nSPS) is 17.2. The molecule has 3 nitrogen and oxygen atoms in total. The van der Waals surface area contributed by atoms with Gasteiger partial charge in [0.1, 0.15) is 5.75 Å². The number of carbonyl (C=O) groups is 1. The third-order valence-electron chi connectivity index (χ3n) is 4.72. The van der Waals surface area contributed by atoms with Gasteiger partial charge in [-0.25, -0.2) is 0 Å². The number of likely N-dealkylation sites (tertiary alicyclic amines) is 1. The molecule has 22 heavy (non-hydrogen) atoms. The molecule has 3 heteroatoms. The van der Waals surface area contributed by atoms with Gasteiger partial charge >= 0.3 is 0 Å². The Bertz CT molecular complexity index is 461. The third kappa shape index (κ3) is 5.13. The molecule has 1 heterocycles. The van der Waals surface area contributed by atoms with Crippen LogP contribution in [0.2, 0.25) is 0 Å². The maximum atomic E-state index is 12.4. The molecule has 1 aliphatic heterocycles. The van der Waals surface area contributed by atoms with Gasteiger partial charge in [0.25, 0.3) is 0 Å². The number of ether oxygens (including phenoxy) is 1. The van der Waals surface area contributed by atoms with Gasteiger partial charge < -0.3 is 9.22 Å². The maximum Gasteiger partial charge on any atom is 0.168 e. The van der Waals surface area contributed by atoms with Crippen LogP contribution >= 0.6 is 0 Å². The summed E-state index contributed by atoms with van der Waals surface area (Å²) >= 11 is 0. The van der Waals surface area contributed by atoms with E-state index in [9.17, 15) is 4.79 Å². The molecule has 0 amide bonds. The van der Waals surface area contributed by atoms with E-state index in [0.717, 1.165) is 41.8 Å². The van der Waals surface area contributed by atoms with Crippen molar-refractivity contribution in [2.75, 3.05) is 33.3 Å². The number of benzene rings is 1. The van der Waals surface area contributed by atoms with Crippen molar-refractivity contribution in [1.29, 1.82) is 0 Å². The highest BCUT2D eigenvalue weighted by Gasteiger charge is 2.25. The standard InChI is InChI=1S/C19H30NO2/c1-3-4-16-22-18-10-8-17(9-11-18)19(21)12-15-20(2)13-6-5-7-14-20/h8-11H,3-7,12-16H2,1-2H3/q+1. The largest absolute Gasteiger partial charge is 0.494 e. The van der Waals surface area contributed by atoms with Crippen LogP contribution in [0.4, 0.5) is 0 Å². The Labute approximate surface area is 134 Å². The summed E-state index contributed by atoms with van der Waals surface area (Å²) in [5, 5.41) is 0. The summed E-state index contributed by atoms with van der Waals surface area (Å²) < 4.78 is 6.70. The van der Waals surface area contributed by atoms with Gasteiger partial charge in [0, 0.05) is 5.56 Å². The molecule has 1 saturated heterocycles. The Morgan fingerprint density at radius 2 is 1.82 bits per heavy atom. The Kier molecular flexibility index (Phi) is 6.44. The van der Waals surface area contributed by atoms with Crippen LogP contribution in [0.1, 0.15) is 55.8 Å². The highest BCUT2D eigenvalue weighted by atomic mass is 16.5. The third-order valence-corrected chi connectivity index (χ3v) is 4.72. The van der Waals surface area contributed by atoms with Gasteiger partial charge in [-0.2, -0.15) is 0 Å². The second kappa shape index (κ2) is 8.33. The molecule has 1 aromatic carbocycles. The monoisotopic (exact) mass is 304 g/mol. The van der Waals surface area contributed by atoms with Crippen LogP contribution in [0.15, 0.2) is 24.3 Å². The smallest absolute Gasteiger partial charge is 0.168 e. The van der Waals surface area contributed by atoms with Crippen molar-refractivity contribution in [3.05, 3.63) is 29.8 Å². The molecule has 0 spiro atoms. The van der Waals surface area contributed by atoms with Crippen LogP contribution in [0, 0.1) is 0 Å². The molecule has 0 aliphatic carbocycles. The van der Waals surface area contributed by atoms with Crippen LogP contribution in [0.3, 0.4) is 0 Å². The topological polar surface area (TPSA) is 26.3 Å². The predicted molar refractivity (Wildman–Crippen MR) is 90.4 cm³/mol. The number of unbranched alkanes of at least 4 members (excludes halogenated alkanes) is 1. The van der Waals surface area contributed by atoms with Crippen LogP contribution < -0.4 is 4.74 Å². The summed E-state index contributed by atoms with van der Waals surface area (Å²) in [7, 11) is 2.29. The number of quaternary nitrogens is 1. The number of ketones is 1. The zero-order valence-corrected chi connectivity index (χ0v) is 14.1. The first kappa shape index (κ1) is 17.0. The van der Waals surface area contributed by atoms with E-state index in [1.54, 1.807) is 0 Å². The Morgan fingerprint density at radius 3 is 2.45 bits per heavy atom. The van der Waals surface area contributed by atoms with E-state index < -0.39 is 0 Å². The molecule has 0 bridgehead atoms. The van der Waals surface area contributed by atoms with Gasteiger partial charge in [0.15, 0.2) is 5.78 Å². The summed E-state index contributed by atoms with van der Waals surface area (Å²) in [6, 6.07) is 7.64. The summed E-state index contributed by atoms with van der Waals surface area (Å²) in [6.07, 6.45) is 6.79. The SMILES string of the molecule is CCCCOc1ccc(C(=O)CC[N+]2(C)CCCCC2)cc1.